The summed E-state index contributed by atoms with van der Waals surface area (Å²) in [6.45, 7) is 0. The second-order valence-corrected chi connectivity index (χ2v) is 6.10. The van der Waals surface area contributed by atoms with Gasteiger partial charge in [-0.3, -0.25) is 28.8 Å². The van der Waals surface area contributed by atoms with E-state index in [4.69, 9.17) is 10.2 Å². The number of carboxylic acid groups (broad SMARTS) is 2. The summed E-state index contributed by atoms with van der Waals surface area (Å²) in [7, 11) is 0. The molecule has 0 aromatic carbocycles. The van der Waals surface area contributed by atoms with Gasteiger partial charge >= 0.3 is 139 Å². The number of unbranched alkanes of at least 4 members (excludes halogenated alkanes) is 3. The Morgan fingerprint density at radius 3 is 0.844 bits per heavy atom. The Balaban J connectivity index is -0.000000243. The van der Waals surface area contributed by atoms with E-state index in [1.165, 1.54) is 0 Å². The standard InChI is InChI=1S/C18H26O10.2K.2H3N.2H/c19-13(20)7-1-3-9-15(23)27-17(25)11-5-6-12-18(26)28-16(24)10-4-2-8-14(21)22;;;;;;/h1-12H2,(H,19,20)(H,21,22);;;2*1H3;;/q;2*+1;;;2*-1. The van der Waals surface area contributed by atoms with Crippen LogP contribution in [-0.4, -0.2) is 46.0 Å². The molecule has 0 aromatic heterocycles. The van der Waals surface area contributed by atoms with Crippen molar-refractivity contribution < 1.29 is 154 Å². The van der Waals surface area contributed by atoms with Crippen LogP contribution in [0.1, 0.15) is 79.9 Å². The smallest absolute Gasteiger partial charge is 1.00 e. The Morgan fingerprint density at radius 2 is 0.656 bits per heavy atom. The van der Waals surface area contributed by atoms with E-state index in [0.29, 0.717) is 25.7 Å². The number of carbonyl (C=O) groups excluding carboxylic acids is 4. The maximum atomic E-state index is 11.5. The normalized spacial score (nSPS) is 8.88. The van der Waals surface area contributed by atoms with Crippen LogP contribution in [-0.2, 0) is 38.2 Å². The van der Waals surface area contributed by atoms with E-state index in [2.05, 4.69) is 9.47 Å². The second kappa shape index (κ2) is 27.7. The Bertz CT molecular complexity index is 549. The maximum absolute atomic E-state index is 11.5. The van der Waals surface area contributed by atoms with Crippen molar-refractivity contribution >= 4 is 35.8 Å². The quantitative estimate of drug-likeness (QED) is 0.0719. The van der Waals surface area contributed by atoms with Gasteiger partial charge in [0.1, 0.15) is 0 Å². The Labute approximate surface area is 275 Å². The molecule has 0 rings (SSSR count). The van der Waals surface area contributed by atoms with Crippen molar-refractivity contribution in [1.82, 2.24) is 12.3 Å². The molecule has 178 valence electrons. The average Bonchev–Trinajstić information content (AvgIpc) is 2.59. The monoisotopic (exact) mass is 516 g/mol. The first-order chi connectivity index (χ1) is 13.2. The molecule has 0 spiro atoms. The third kappa shape index (κ3) is 30.4. The summed E-state index contributed by atoms with van der Waals surface area (Å²) in [5, 5.41) is 16.9. The van der Waals surface area contributed by atoms with Crippen molar-refractivity contribution in [3.05, 3.63) is 0 Å². The van der Waals surface area contributed by atoms with Crippen LogP contribution in [0.15, 0.2) is 0 Å². The van der Waals surface area contributed by atoms with Gasteiger partial charge in [-0.1, -0.05) is 0 Å². The van der Waals surface area contributed by atoms with Crippen molar-refractivity contribution in [1.29, 1.82) is 0 Å². The molecule has 8 N–H and O–H groups in total. The van der Waals surface area contributed by atoms with E-state index in [0.717, 1.165) is 0 Å². The van der Waals surface area contributed by atoms with E-state index < -0.39 is 35.8 Å². The third-order valence-corrected chi connectivity index (χ3v) is 3.51. The van der Waals surface area contributed by atoms with Crippen LogP contribution in [0.4, 0.5) is 0 Å². The van der Waals surface area contributed by atoms with Gasteiger partial charge in [0.05, 0.1) is 0 Å². The minimum absolute atomic E-state index is 0. The van der Waals surface area contributed by atoms with Crippen LogP contribution in [0.25, 0.3) is 0 Å². The van der Waals surface area contributed by atoms with E-state index in [1.807, 2.05) is 0 Å². The molecule has 0 saturated heterocycles. The molecule has 0 atom stereocenters. The summed E-state index contributed by atoms with van der Waals surface area (Å²) >= 11 is 0. The summed E-state index contributed by atoms with van der Waals surface area (Å²) in [5.41, 5.74) is 0. The van der Waals surface area contributed by atoms with Gasteiger partial charge in [-0.2, -0.15) is 0 Å². The van der Waals surface area contributed by atoms with Crippen molar-refractivity contribution in [2.75, 3.05) is 0 Å². The molecule has 0 bridgehead atoms. The molecule has 0 unspecified atom stereocenters. The van der Waals surface area contributed by atoms with Gasteiger partial charge in [0.25, 0.3) is 0 Å². The minimum atomic E-state index is -0.956. The number of aliphatic carboxylic acids is 2. The number of carbonyl (C=O) groups is 6. The fraction of sp³-hybridized carbons (Fsp3) is 0.667. The molecule has 0 saturated carbocycles. The molecule has 0 aromatic rings. The van der Waals surface area contributed by atoms with Crippen LogP contribution in [0.3, 0.4) is 0 Å². The molecule has 0 fully saturated rings. The van der Waals surface area contributed by atoms with Gasteiger partial charge in [0.2, 0.25) is 0 Å². The molecule has 14 heteroatoms. The van der Waals surface area contributed by atoms with E-state index in [9.17, 15) is 28.8 Å². The molecule has 0 amide bonds. The first-order valence-corrected chi connectivity index (χ1v) is 9.11. The molecule has 0 aliphatic heterocycles. The topological polar surface area (TPSA) is 231 Å². The molecular weight excluding hydrogens is 482 g/mol. The van der Waals surface area contributed by atoms with Gasteiger partial charge in [-0.05, 0) is 38.5 Å². The third-order valence-electron chi connectivity index (χ3n) is 3.51. The molecule has 0 aliphatic carbocycles. The Morgan fingerprint density at radius 1 is 0.469 bits per heavy atom. The zero-order valence-corrected chi connectivity index (χ0v) is 25.3. The molecule has 12 nitrogen and oxygen atoms in total. The van der Waals surface area contributed by atoms with Crippen molar-refractivity contribution in [2.24, 2.45) is 0 Å². The number of ether oxygens (including phenoxy) is 2. The predicted octanol–water partition coefficient (Wildman–Crippen LogP) is -3.47. The van der Waals surface area contributed by atoms with E-state index >= 15 is 0 Å². The van der Waals surface area contributed by atoms with Crippen LogP contribution in [0.5, 0.6) is 0 Å². The predicted molar refractivity (Wildman–Crippen MR) is 105 cm³/mol. The second-order valence-electron chi connectivity index (χ2n) is 6.10. The zero-order valence-electron chi connectivity index (χ0n) is 21.1. The van der Waals surface area contributed by atoms with Gasteiger partial charge in [-0.25, -0.2) is 0 Å². The summed E-state index contributed by atoms with van der Waals surface area (Å²) in [4.78, 5) is 66.3. The van der Waals surface area contributed by atoms with Gasteiger partial charge in [0, 0.05) is 38.5 Å². The number of hydrogen-bond acceptors (Lipinski definition) is 10. The molecule has 0 heterocycles. The van der Waals surface area contributed by atoms with Crippen LogP contribution in [0, 0.1) is 0 Å². The SMILES string of the molecule is N.N.O=C(O)CCCCC(=O)OC(=O)CCCCC(=O)OC(=O)CCCCC(=O)O.[H-].[H-].[K+].[K+]. The number of esters is 4. The number of carboxylic acids is 2. The summed E-state index contributed by atoms with van der Waals surface area (Å²) < 4.78 is 9.13. The first kappa shape index (κ1) is 42.6. The molecule has 0 aliphatic rings. The van der Waals surface area contributed by atoms with Crippen molar-refractivity contribution in [2.45, 2.75) is 77.0 Å². The molecule has 32 heavy (non-hydrogen) atoms. The van der Waals surface area contributed by atoms with Crippen molar-refractivity contribution in [3.8, 4) is 0 Å². The number of rotatable bonds is 15. The van der Waals surface area contributed by atoms with Crippen molar-refractivity contribution in [3.63, 3.8) is 0 Å². The Kier molecular flexibility index (Phi) is 36.8. The zero-order chi connectivity index (χ0) is 21.4. The largest absolute Gasteiger partial charge is 1.00 e. The number of hydrogen-bond donors (Lipinski definition) is 4. The molecular formula is C18H34K2N2O10. The maximum Gasteiger partial charge on any atom is 1.00 e. The summed E-state index contributed by atoms with van der Waals surface area (Å²) in [6.07, 6.45) is 1.47. The van der Waals surface area contributed by atoms with E-state index in [1.54, 1.807) is 0 Å². The van der Waals surface area contributed by atoms with Gasteiger partial charge < -0.3 is 34.8 Å². The Hall–Kier alpha value is 0.413. The van der Waals surface area contributed by atoms with Crippen LogP contribution < -0.4 is 115 Å². The summed E-state index contributed by atoms with van der Waals surface area (Å²) in [6, 6.07) is 0. The van der Waals surface area contributed by atoms with Gasteiger partial charge in [-0.15, -0.1) is 0 Å². The fourth-order valence-electron chi connectivity index (χ4n) is 2.09. The van der Waals surface area contributed by atoms with Gasteiger partial charge in [0.15, 0.2) is 0 Å². The minimum Gasteiger partial charge on any atom is -1.00 e. The first-order valence-electron chi connectivity index (χ1n) is 9.11. The van der Waals surface area contributed by atoms with Crippen LogP contribution >= 0.6 is 0 Å². The summed E-state index contributed by atoms with van der Waals surface area (Å²) in [5.74, 6) is -4.81. The molecule has 0 radical (unpaired) electrons. The van der Waals surface area contributed by atoms with Crippen LogP contribution in [0.2, 0.25) is 0 Å². The van der Waals surface area contributed by atoms with E-state index in [-0.39, 0.29) is 169 Å². The average molecular weight is 517 g/mol. The fourth-order valence-corrected chi connectivity index (χ4v) is 2.09.